The van der Waals surface area contributed by atoms with Gasteiger partial charge in [-0.15, -0.1) is 0 Å². The number of rotatable bonds is 3. The van der Waals surface area contributed by atoms with E-state index in [2.05, 4.69) is 88.2 Å². The molecule has 1 aromatic rings. The summed E-state index contributed by atoms with van der Waals surface area (Å²) in [5, 5.41) is 2.89. The minimum absolute atomic E-state index is 0. The normalized spacial score (nSPS) is 18.2. The van der Waals surface area contributed by atoms with Gasteiger partial charge in [-0.3, -0.25) is 4.67 Å². The Bertz CT molecular complexity index is 646. The maximum atomic E-state index is 7.50. The molecule has 1 aromatic carbocycles. The van der Waals surface area contributed by atoms with E-state index in [4.69, 9.17) is 23.3 Å². The van der Waals surface area contributed by atoms with E-state index in [0.29, 0.717) is 0 Å². The summed E-state index contributed by atoms with van der Waals surface area (Å²) < 4.78 is 40.2. The average Bonchev–Trinajstić information content (AvgIpc) is 3.47. The number of nitrogens with zero attached hydrogens (tertiary/aromatic N) is 1. The van der Waals surface area contributed by atoms with E-state index in [9.17, 15) is 0 Å². The minimum atomic E-state index is 0. The van der Waals surface area contributed by atoms with Crippen LogP contribution >= 0.6 is 8.07 Å². The zero-order valence-electron chi connectivity index (χ0n) is 14.9. The van der Waals surface area contributed by atoms with Gasteiger partial charge in [0.25, 0.3) is 0 Å². The molecule has 0 amide bonds. The standard InChI is InChI=1S/C14H18NP.5CO.Mo/c1-3-15(4-2)16-13-9-11-7-5-6-8-12(11)10-14(13)16;5*1-2;/h5-10,13-14H,3-4H2,1-2H3;;;;;;. The van der Waals surface area contributed by atoms with Gasteiger partial charge >= 0.3 is 56.5 Å². The summed E-state index contributed by atoms with van der Waals surface area (Å²) in [6.45, 7) is 29.5. The molecule has 0 aromatic heterocycles. The molecule has 2 atom stereocenters. The first-order chi connectivity index (χ1) is 12.8. The Labute approximate surface area is 175 Å². The van der Waals surface area contributed by atoms with Crippen molar-refractivity contribution in [1.82, 2.24) is 4.67 Å². The number of hydrogen-bond acceptors (Lipinski definition) is 1. The largest absolute Gasteiger partial charge is 0 e. The fraction of sp³-hybridized carbons (Fsp3) is 0.316. The van der Waals surface area contributed by atoms with Gasteiger partial charge in [0.1, 0.15) is 0 Å². The van der Waals surface area contributed by atoms with Crippen LogP contribution in [0.1, 0.15) is 13.8 Å². The van der Waals surface area contributed by atoms with Crippen LogP contribution in [0.5, 0.6) is 0 Å². The predicted octanol–water partition coefficient (Wildman–Crippen LogP) is 1.56. The molecule has 3 rings (SSSR count). The van der Waals surface area contributed by atoms with Crippen LogP contribution in [0, 0.1) is 33.3 Å². The third kappa shape index (κ3) is 10.0. The van der Waals surface area contributed by atoms with Crippen LogP contribution in [0.4, 0.5) is 0 Å². The zero-order valence-corrected chi connectivity index (χ0v) is 17.8. The molecule has 1 heterocycles. The van der Waals surface area contributed by atoms with Crippen molar-refractivity contribution in [2.45, 2.75) is 25.2 Å². The van der Waals surface area contributed by atoms with Crippen molar-refractivity contribution >= 4 is 20.2 Å². The maximum Gasteiger partial charge on any atom is 0 e. The summed E-state index contributed by atoms with van der Waals surface area (Å²) in [7, 11) is 0.0972. The predicted molar refractivity (Wildman–Crippen MR) is 91.7 cm³/mol. The van der Waals surface area contributed by atoms with Crippen molar-refractivity contribution in [3.8, 4) is 0 Å². The van der Waals surface area contributed by atoms with E-state index in [0.717, 1.165) is 11.3 Å². The smallest absolute Gasteiger partial charge is 0 e. The molecular formula is C19H18MoNO5P. The van der Waals surface area contributed by atoms with Gasteiger partial charge in [-0.05, 0) is 31.6 Å². The second-order valence-electron chi connectivity index (χ2n) is 4.46. The van der Waals surface area contributed by atoms with E-state index in [1.807, 2.05) is 0 Å². The van der Waals surface area contributed by atoms with Crippen LogP contribution in [0.2, 0.25) is 0 Å². The van der Waals surface area contributed by atoms with Crippen LogP contribution in [0.15, 0.2) is 24.3 Å². The molecule has 140 valence electrons. The Morgan fingerprint density at radius 1 is 0.741 bits per heavy atom. The van der Waals surface area contributed by atoms with Crippen LogP contribution in [-0.4, -0.2) is 29.1 Å². The van der Waals surface area contributed by atoms with Crippen LogP contribution < -0.4 is 10.4 Å². The zero-order chi connectivity index (χ0) is 21.1. The molecule has 1 aliphatic heterocycles. The quantitative estimate of drug-likeness (QED) is 0.287. The van der Waals surface area contributed by atoms with E-state index >= 15 is 0 Å². The van der Waals surface area contributed by atoms with E-state index in [-0.39, 0.29) is 29.1 Å². The van der Waals surface area contributed by atoms with Crippen molar-refractivity contribution in [1.29, 1.82) is 0 Å². The molecule has 1 saturated heterocycles. The first-order valence-electron chi connectivity index (χ1n) is 7.19. The Morgan fingerprint density at radius 2 is 1.04 bits per heavy atom. The van der Waals surface area contributed by atoms with Crippen molar-refractivity contribution in [3.63, 3.8) is 0 Å². The first kappa shape index (κ1) is 33.3. The molecule has 0 spiro atoms. The van der Waals surface area contributed by atoms with Crippen LogP contribution in [0.25, 0.3) is 12.2 Å². The van der Waals surface area contributed by atoms with Crippen molar-refractivity contribution in [2.75, 3.05) is 13.1 Å². The molecule has 6 nitrogen and oxygen atoms in total. The summed E-state index contributed by atoms with van der Waals surface area (Å²) in [6.07, 6.45) is 5.01. The molecule has 0 saturated carbocycles. The van der Waals surface area contributed by atoms with E-state index in [1.165, 1.54) is 23.5 Å². The van der Waals surface area contributed by atoms with Crippen LogP contribution in [0.3, 0.4) is 0 Å². The molecule has 8 heteroatoms. The SMILES string of the molecule is CCN(CC)P1C2C=c3ccccc3=CC21.[C-]#[O+].[C-]#[O+].[C-]#[O+].[C-]#[O+].[C-]#[O+].[Mo]. The van der Waals surface area contributed by atoms with Gasteiger partial charge < -0.3 is 0 Å². The molecule has 0 radical (unpaired) electrons. The third-order valence-corrected chi connectivity index (χ3v) is 6.66. The third-order valence-electron chi connectivity index (χ3n) is 3.62. The molecule has 2 unspecified atom stereocenters. The molecule has 2 aliphatic rings. The monoisotopic (exact) mass is 469 g/mol. The van der Waals surface area contributed by atoms with E-state index < -0.39 is 0 Å². The second-order valence-corrected chi connectivity index (χ2v) is 6.98. The Kier molecular flexibility index (Phi) is 28.1. The van der Waals surface area contributed by atoms with Crippen molar-refractivity contribution in [3.05, 3.63) is 68.0 Å². The van der Waals surface area contributed by atoms with Gasteiger partial charge in [0.2, 0.25) is 0 Å². The van der Waals surface area contributed by atoms with E-state index in [1.54, 1.807) is 0 Å². The van der Waals surface area contributed by atoms with Crippen molar-refractivity contribution < 1.29 is 44.3 Å². The Hall–Kier alpha value is -1.26. The average molecular weight is 467 g/mol. The topological polar surface area (TPSA) is 103 Å². The fourth-order valence-corrected chi connectivity index (χ4v) is 5.61. The molecule has 27 heavy (non-hydrogen) atoms. The first-order valence-corrected chi connectivity index (χ1v) is 8.62. The van der Waals surface area contributed by atoms with Gasteiger partial charge in [-0.2, -0.15) is 0 Å². The molecule has 1 aliphatic carbocycles. The van der Waals surface area contributed by atoms with Crippen LogP contribution in [-0.2, 0) is 44.3 Å². The number of hydrogen-bond donors (Lipinski definition) is 0. The summed E-state index contributed by atoms with van der Waals surface area (Å²) in [5.41, 5.74) is 1.68. The summed E-state index contributed by atoms with van der Waals surface area (Å²) in [4.78, 5) is 0. The van der Waals surface area contributed by atoms with Gasteiger partial charge in [0, 0.05) is 32.4 Å². The fourth-order valence-electron chi connectivity index (χ4n) is 2.72. The summed E-state index contributed by atoms with van der Waals surface area (Å²) >= 11 is 0. The number of benzene rings is 1. The molecule has 1 fully saturated rings. The van der Waals surface area contributed by atoms with Gasteiger partial charge in [0.05, 0.1) is 0 Å². The van der Waals surface area contributed by atoms with Gasteiger partial charge in [-0.25, -0.2) is 0 Å². The van der Waals surface area contributed by atoms with Gasteiger partial charge in [-0.1, -0.05) is 50.3 Å². The summed E-state index contributed by atoms with van der Waals surface area (Å²) in [5.74, 6) is 0. The summed E-state index contributed by atoms with van der Waals surface area (Å²) in [6, 6.07) is 8.78. The number of fused-ring (bicyclic) bond motifs is 2. The Morgan fingerprint density at radius 3 is 1.30 bits per heavy atom. The van der Waals surface area contributed by atoms with Gasteiger partial charge in [0.15, 0.2) is 0 Å². The van der Waals surface area contributed by atoms with Crippen molar-refractivity contribution in [2.24, 2.45) is 0 Å². The Balaban J connectivity index is -0.000000211. The minimum Gasteiger partial charge on any atom is 0 e. The second kappa shape index (κ2) is 22.8. The molecular weight excluding hydrogens is 449 g/mol. The maximum absolute atomic E-state index is 7.50. The molecule has 0 bridgehead atoms. The molecule has 0 N–H and O–H groups in total.